The van der Waals surface area contributed by atoms with Crippen LogP contribution in [0.25, 0.3) is 0 Å². The van der Waals surface area contributed by atoms with E-state index in [0.29, 0.717) is 37.6 Å². The highest BCUT2D eigenvalue weighted by atomic mass is 35.5. The van der Waals surface area contributed by atoms with Crippen LogP contribution in [0.2, 0.25) is 5.02 Å². The maximum absolute atomic E-state index is 11.7. The summed E-state index contributed by atoms with van der Waals surface area (Å²) in [5.41, 5.74) is 0.962. The van der Waals surface area contributed by atoms with Crippen LogP contribution in [-0.2, 0) is 4.79 Å². The smallest absolute Gasteiger partial charge is 0.287 e. The van der Waals surface area contributed by atoms with Gasteiger partial charge in [-0.15, -0.1) is 0 Å². The van der Waals surface area contributed by atoms with E-state index in [9.17, 15) is 9.59 Å². The molecule has 2 rings (SSSR count). The third-order valence-corrected chi connectivity index (χ3v) is 3.66. The molecule has 0 radical (unpaired) electrons. The molecule has 1 aromatic heterocycles. The Kier molecular flexibility index (Phi) is 7.35. The summed E-state index contributed by atoms with van der Waals surface area (Å²) in [6, 6.07) is 8.65. The zero-order valence-corrected chi connectivity index (χ0v) is 14.8. The first kappa shape index (κ1) is 18.9. The molecule has 25 heavy (non-hydrogen) atoms. The second-order valence-corrected chi connectivity index (χ2v) is 5.88. The maximum Gasteiger partial charge on any atom is 0.287 e. The van der Waals surface area contributed by atoms with Crippen molar-refractivity contribution in [1.29, 1.82) is 0 Å². The molecule has 0 aliphatic heterocycles. The number of nitrogens with one attached hydrogen (secondary N) is 2. The fourth-order valence-electron chi connectivity index (χ4n) is 2.15. The molecule has 0 aliphatic carbocycles. The summed E-state index contributed by atoms with van der Waals surface area (Å²) in [6.07, 6.45) is 2.40. The molecule has 1 heterocycles. The fourth-order valence-corrected chi connectivity index (χ4v) is 2.38. The van der Waals surface area contributed by atoms with Gasteiger partial charge in [0.25, 0.3) is 5.91 Å². The molecule has 0 spiro atoms. The quantitative estimate of drug-likeness (QED) is 0.670. The molecular formula is C18H21ClN2O4. The number of hydrogen-bond donors (Lipinski definition) is 2. The molecular weight excluding hydrogens is 344 g/mol. The Labute approximate surface area is 151 Å². The van der Waals surface area contributed by atoms with E-state index in [2.05, 4.69) is 10.6 Å². The highest BCUT2D eigenvalue weighted by molar-refractivity contribution is 6.30. The summed E-state index contributed by atoms with van der Waals surface area (Å²) >= 11 is 5.89. The van der Waals surface area contributed by atoms with Crippen LogP contribution in [0.5, 0.6) is 5.75 Å². The molecule has 2 aromatic rings. The second kappa shape index (κ2) is 9.74. The van der Waals surface area contributed by atoms with Gasteiger partial charge < -0.3 is 19.8 Å². The molecule has 2 N–H and O–H groups in total. The van der Waals surface area contributed by atoms with E-state index in [-0.39, 0.29) is 17.6 Å². The van der Waals surface area contributed by atoms with Crippen molar-refractivity contribution in [1.82, 2.24) is 10.6 Å². The first-order valence-electron chi connectivity index (χ1n) is 8.03. The van der Waals surface area contributed by atoms with Gasteiger partial charge in [-0.2, -0.15) is 0 Å². The Morgan fingerprint density at radius 3 is 2.72 bits per heavy atom. The highest BCUT2D eigenvalue weighted by Gasteiger charge is 2.07. The van der Waals surface area contributed by atoms with Crippen LogP contribution in [0.15, 0.2) is 41.0 Å². The van der Waals surface area contributed by atoms with Gasteiger partial charge in [0.1, 0.15) is 5.75 Å². The van der Waals surface area contributed by atoms with Crippen molar-refractivity contribution in [2.24, 2.45) is 0 Å². The summed E-state index contributed by atoms with van der Waals surface area (Å²) < 4.78 is 10.6. The lowest BCUT2D eigenvalue weighted by atomic mass is 10.2. The highest BCUT2D eigenvalue weighted by Crippen LogP contribution is 2.21. The minimum Gasteiger partial charge on any atom is -0.493 e. The van der Waals surface area contributed by atoms with Crippen LogP contribution >= 0.6 is 11.6 Å². The Morgan fingerprint density at radius 1 is 1.20 bits per heavy atom. The lowest BCUT2D eigenvalue weighted by molar-refractivity contribution is -0.121. The number of carbonyl (C=O) groups is 2. The number of furan rings is 1. The molecule has 2 amide bonds. The van der Waals surface area contributed by atoms with Crippen LogP contribution in [0.3, 0.4) is 0 Å². The van der Waals surface area contributed by atoms with Gasteiger partial charge in [0.2, 0.25) is 5.91 Å². The van der Waals surface area contributed by atoms with Gasteiger partial charge in [0.05, 0.1) is 12.9 Å². The number of carbonyl (C=O) groups excluding carboxylic acids is 2. The number of amides is 2. The molecule has 0 bridgehead atoms. The largest absolute Gasteiger partial charge is 0.493 e. The number of halogens is 1. The lowest BCUT2D eigenvalue weighted by Crippen LogP contribution is -2.34. The van der Waals surface area contributed by atoms with E-state index >= 15 is 0 Å². The van der Waals surface area contributed by atoms with Crippen molar-refractivity contribution < 1.29 is 18.7 Å². The Morgan fingerprint density at radius 2 is 2.00 bits per heavy atom. The molecule has 0 aliphatic rings. The molecule has 0 saturated heterocycles. The predicted octanol–water partition coefficient (Wildman–Crippen LogP) is 2.95. The number of aryl methyl sites for hydroxylation is 1. The SMILES string of the molecule is Cc1cc(Cl)ccc1OCCCC(=O)NCCNC(=O)c1ccco1. The first-order valence-corrected chi connectivity index (χ1v) is 8.41. The Balaban J connectivity index is 1.54. The van der Waals surface area contributed by atoms with E-state index in [1.54, 1.807) is 18.2 Å². The van der Waals surface area contributed by atoms with Crippen LogP contribution in [0.1, 0.15) is 29.0 Å². The molecule has 6 nitrogen and oxygen atoms in total. The lowest BCUT2D eigenvalue weighted by Gasteiger charge is -2.09. The van der Waals surface area contributed by atoms with Crippen LogP contribution in [-0.4, -0.2) is 31.5 Å². The normalized spacial score (nSPS) is 10.3. The molecule has 134 valence electrons. The zero-order chi connectivity index (χ0) is 18.1. The van der Waals surface area contributed by atoms with Gasteiger partial charge in [-0.25, -0.2) is 0 Å². The van der Waals surface area contributed by atoms with Gasteiger partial charge in [0, 0.05) is 24.5 Å². The number of benzene rings is 1. The minimum absolute atomic E-state index is 0.0799. The number of hydrogen-bond acceptors (Lipinski definition) is 4. The predicted molar refractivity (Wildman–Crippen MR) is 95.0 cm³/mol. The maximum atomic E-state index is 11.7. The second-order valence-electron chi connectivity index (χ2n) is 5.44. The van der Waals surface area contributed by atoms with Crippen molar-refractivity contribution in [3.05, 3.63) is 52.9 Å². The molecule has 0 saturated carbocycles. The molecule has 1 aromatic carbocycles. The monoisotopic (exact) mass is 364 g/mol. The summed E-state index contributed by atoms with van der Waals surface area (Å²) in [5, 5.41) is 6.07. The minimum atomic E-state index is -0.300. The van der Waals surface area contributed by atoms with Crippen LogP contribution < -0.4 is 15.4 Å². The van der Waals surface area contributed by atoms with Crippen molar-refractivity contribution in [3.8, 4) is 5.75 Å². The average molecular weight is 365 g/mol. The first-order chi connectivity index (χ1) is 12.1. The third-order valence-electron chi connectivity index (χ3n) is 3.42. The molecule has 0 unspecified atom stereocenters. The van der Waals surface area contributed by atoms with Gasteiger partial charge in [0.15, 0.2) is 5.76 Å². The summed E-state index contributed by atoms with van der Waals surface area (Å²) in [5.74, 6) is 0.640. The topological polar surface area (TPSA) is 80.6 Å². The van der Waals surface area contributed by atoms with Gasteiger partial charge in [-0.3, -0.25) is 9.59 Å². The average Bonchev–Trinajstić information content (AvgIpc) is 3.11. The van der Waals surface area contributed by atoms with Gasteiger partial charge in [-0.1, -0.05) is 11.6 Å². The van der Waals surface area contributed by atoms with E-state index in [1.165, 1.54) is 6.26 Å². The van der Waals surface area contributed by atoms with Crippen molar-refractivity contribution >= 4 is 23.4 Å². The van der Waals surface area contributed by atoms with Crippen LogP contribution in [0.4, 0.5) is 0 Å². The molecule has 0 fully saturated rings. The standard InChI is InChI=1S/C18H21ClN2O4/c1-13-12-14(19)6-7-15(13)24-11-3-5-17(22)20-8-9-21-18(23)16-4-2-10-25-16/h2,4,6-7,10,12H,3,5,8-9,11H2,1H3,(H,20,22)(H,21,23). The number of rotatable bonds is 9. The zero-order valence-electron chi connectivity index (χ0n) is 14.0. The van der Waals surface area contributed by atoms with Crippen LogP contribution in [0, 0.1) is 6.92 Å². The Bertz CT molecular complexity index is 701. The molecule has 0 atom stereocenters. The number of ether oxygens (including phenoxy) is 1. The summed E-state index contributed by atoms with van der Waals surface area (Å²) in [6.45, 7) is 3.07. The van der Waals surface area contributed by atoms with E-state index in [4.69, 9.17) is 20.8 Å². The van der Waals surface area contributed by atoms with Crippen molar-refractivity contribution in [2.45, 2.75) is 19.8 Å². The van der Waals surface area contributed by atoms with E-state index < -0.39 is 0 Å². The summed E-state index contributed by atoms with van der Waals surface area (Å²) in [7, 11) is 0. The fraction of sp³-hybridized carbons (Fsp3) is 0.333. The van der Waals surface area contributed by atoms with E-state index in [0.717, 1.165) is 11.3 Å². The van der Waals surface area contributed by atoms with Crippen molar-refractivity contribution in [2.75, 3.05) is 19.7 Å². The van der Waals surface area contributed by atoms with Gasteiger partial charge in [-0.05, 0) is 49.2 Å². The summed E-state index contributed by atoms with van der Waals surface area (Å²) in [4.78, 5) is 23.3. The third kappa shape index (κ3) is 6.51. The molecule has 7 heteroatoms. The Hall–Kier alpha value is -2.47. The van der Waals surface area contributed by atoms with Crippen molar-refractivity contribution in [3.63, 3.8) is 0 Å². The van der Waals surface area contributed by atoms with Gasteiger partial charge >= 0.3 is 0 Å². The van der Waals surface area contributed by atoms with E-state index in [1.807, 2.05) is 19.1 Å².